The van der Waals surface area contributed by atoms with E-state index < -0.39 is 0 Å². The van der Waals surface area contributed by atoms with Crippen molar-refractivity contribution in [2.45, 2.75) is 65.8 Å². The number of hydrogen-bond acceptors (Lipinski definition) is 4. The Morgan fingerprint density at radius 2 is 2.04 bits per heavy atom. The highest BCUT2D eigenvalue weighted by Gasteiger charge is 2.57. The van der Waals surface area contributed by atoms with Crippen molar-refractivity contribution in [1.82, 2.24) is 14.1 Å². The van der Waals surface area contributed by atoms with Crippen LogP contribution >= 0.6 is 0 Å². The maximum absolute atomic E-state index is 13.0. The number of unbranched alkanes of at least 4 members (excludes halogenated alkanes) is 1. The number of fused-ring (bicyclic) bond motifs is 1. The van der Waals surface area contributed by atoms with Crippen molar-refractivity contribution in [2.24, 2.45) is 11.3 Å². The molecule has 0 aromatic carbocycles. The molecule has 2 fully saturated rings. The summed E-state index contributed by atoms with van der Waals surface area (Å²) in [6.45, 7) is 6.62. The highest BCUT2D eigenvalue weighted by molar-refractivity contribution is 5.95. The third-order valence-corrected chi connectivity index (χ3v) is 6.18. The molecule has 0 saturated heterocycles. The number of nitrogens with one attached hydrogen (secondary N) is 2. The lowest BCUT2D eigenvalue weighted by molar-refractivity contribution is 0.568. The summed E-state index contributed by atoms with van der Waals surface area (Å²) in [7, 11) is 0. The van der Waals surface area contributed by atoms with Crippen molar-refractivity contribution in [2.75, 3.05) is 0 Å². The van der Waals surface area contributed by atoms with Gasteiger partial charge < -0.3 is 4.57 Å². The first-order valence-electron chi connectivity index (χ1n) is 9.68. The molecule has 2 aliphatic rings. The fourth-order valence-corrected chi connectivity index (χ4v) is 4.07. The van der Waals surface area contributed by atoms with E-state index >= 15 is 0 Å². The SMILES string of the molecule is CCCCn1c(=O)c(=N)n(C(=N)C2(C3CC3)CC2)c2nc(C)c(C)cc21. The second-order valence-electron chi connectivity index (χ2n) is 8.01. The molecule has 6 nitrogen and oxygen atoms in total. The van der Waals surface area contributed by atoms with Gasteiger partial charge in [0.15, 0.2) is 11.1 Å². The molecule has 138 valence electrons. The summed E-state index contributed by atoms with van der Waals surface area (Å²) in [6, 6.07) is 1.99. The average molecular weight is 353 g/mol. The lowest BCUT2D eigenvalue weighted by atomic mass is 9.98. The standard InChI is InChI=1S/C20H27N5O/c1-4-5-10-24-15-11-12(2)13(3)23-17(15)25(16(21)18(24)26)19(22)20(8-9-20)14-6-7-14/h11,14,21-22H,4-10H2,1-3H3. The van der Waals surface area contributed by atoms with E-state index in [-0.39, 0.29) is 16.5 Å². The predicted octanol–water partition coefficient (Wildman–Crippen LogP) is 3.11. The summed E-state index contributed by atoms with van der Waals surface area (Å²) in [5, 5.41) is 17.4. The van der Waals surface area contributed by atoms with Gasteiger partial charge in [-0.2, -0.15) is 0 Å². The van der Waals surface area contributed by atoms with Gasteiger partial charge in [-0.25, -0.2) is 4.98 Å². The molecule has 0 amide bonds. The van der Waals surface area contributed by atoms with Crippen molar-refractivity contribution in [3.63, 3.8) is 0 Å². The fraction of sp³-hybridized carbons (Fsp3) is 0.600. The van der Waals surface area contributed by atoms with Gasteiger partial charge in [-0.1, -0.05) is 13.3 Å². The third kappa shape index (κ3) is 2.46. The first-order valence-corrected chi connectivity index (χ1v) is 9.68. The normalized spacial score (nSPS) is 18.3. The Labute approximate surface area is 152 Å². The van der Waals surface area contributed by atoms with E-state index in [1.165, 1.54) is 4.57 Å². The zero-order valence-corrected chi connectivity index (χ0v) is 15.9. The molecular formula is C20H27N5O. The molecule has 2 aromatic rings. The summed E-state index contributed by atoms with van der Waals surface area (Å²) in [5.74, 6) is 0.955. The summed E-state index contributed by atoms with van der Waals surface area (Å²) in [5.41, 5.74) is 2.69. The van der Waals surface area contributed by atoms with Crippen LogP contribution < -0.4 is 11.0 Å². The van der Waals surface area contributed by atoms with Crippen LogP contribution in [0.1, 0.15) is 56.7 Å². The molecule has 26 heavy (non-hydrogen) atoms. The maximum Gasteiger partial charge on any atom is 0.294 e. The Morgan fingerprint density at radius 1 is 1.35 bits per heavy atom. The van der Waals surface area contributed by atoms with E-state index in [1.54, 1.807) is 4.57 Å². The zero-order chi connectivity index (χ0) is 18.6. The van der Waals surface area contributed by atoms with Crippen molar-refractivity contribution >= 4 is 17.0 Å². The predicted molar refractivity (Wildman–Crippen MR) is 102 cm³/mol. The van der Waals surface area contributed by atoms with E-state index in [1.807, 2.05) is 19.9 Å². The number of aryl methyl sites for hydroxylation is 3. The summed E-state index contributed by atoms with van der Waals surface area (Å²) in [4.78, 5) is 17.7. The highest BCUT2D eigenvalue weighted by atomic mass is 16.1. The van der Waals surface area contributed by atoms with E-state index in [2.05, 4.69) is 6.92 Å². The topological polar surface area (TPSA) is 87.5 Å². The van der Waals surface area contributed by atoms with Crippen LogP contribution in [0.3, 0.4) is 0 Å². The van der Waals surface area contributed by atoms with Gasteiger partial charge in [-0.05, 0) is 63.5 Å². The Hall–Kier alpha value is -2.24. The monoisotopic (exact) mass is 353 g/mol. The van der Waals surface area contributed by atoms with Crippen LogP contribution in [-0.4, -0.2) is 20.0 Å². The summed E-state index contributed by atoms with van der Waals surface area (Å²) in [6.07, 6.45) is 6.17. The molecule has 6 heteroatoms. The van der Waals surface area contributed by atoms with Gasteiger partial charge in [0.25, 0.3) is 5.56 Å². The molecule has 0 aliphatic heterocycles. The van der Waals surface area contributed by atoms with Crippen molar-refractivity contribution in [3.8, 4) is 0 Å². The molecule has 0 spiro atoms. The largest absolute Gasteiger partial charge is 0.302 e. The first-order chi connectivity index (χ1) is 12.4. The average Bonchev–Trinajstić information content (AvgIpc) is 3.48. The van der Waals surface area contributed by atoms with E-state index in [0.717, 1.165) is 55.3 Å². The van der Waals surface area contributed by atoms with Gasteiger partial charge in [-0.3, -0.25) is 20.2 Å². The second-order valence-corrected chi connectivity index (χ2v) is 8.01. The van der Waals surface area contributed by atoms with Crippen LogP contribution in [0.4, 0.5) is 0 Å². The zero-order valence-electron chi connectivity index (χ0n) is 15.9. The molecule has 2 N–H and O–H groups in total. The van der Waals surface area contributed by atoms with E-state index in [4.69, 9.17) is 15.8 Å². The van der Waals surface area contributed by atoms with Crippen LogP contribution in [0.15, 0.2) is 10.9 Å². The second kappa shape index (κ2) is 5.89. The van der Waals surface area contributed by atoms with Crippen molar-refractivity contribution < 1.29 is 0 Å². The minimum Gasteiger partial charge on any atom is -0.302 e. The highest BCUT2D eigenvalue weighted by Crippen LogP contribution is 2.62. The van der Waals surface area contributed by atoms with E-state index in [9.17, 15) is 4.79 Å². The lowest BCUT2D eigenvalue weighted by Gasteiger charge is -2.22. The van der Waals surface area contributed by atoms with Gasteiger partial charge in [0.2, 0.25) is 0 Å². The minimum absolute atomic E-state index is 0.124. The molecule has 0 radical (unpaired) electrons. The summed E-state index contributed by atoms with van der Waals surface area (Å²) >= 11 is 0. The van der Waals surface area contributed by atoms with Crippen LogP contribution in [-0.2, 0) is 6.54 Å². The van der Waals surface area contributed by atoms with Gasteiger partial charge in [0, 0.05) is 17.7 Å². The lowest BCUT2D eigenvalue weighted by Crippen LogP contribution is -2.46. The molecule has 4 rings (SSSR count). The number of nitrogens with zero attached hydrogens (tertiary/aromatic N) is 3. The van der Waals surface area contributed by atoms with Crippen LogP contribution in [0.5, 0.6) is 0 Å². The molecule has 2 heterocycles. The molecule has 2 aliphatic carbocycles. The Bertz CT molecular complexity index is 1020. The van der Waals surface area contributed by atoms with Gasteiger partial charge in [-0.15, -0.1) is 0 Å². The van der Waals surface area contributed by atoms with Crippen LogP contribution in [0.2, 0.25) is 0 Å². The fourth-order valence-electron chi connectivity index (χ4n) is 4.07. The maximum atomic E-state index is 13.0. The first kappa shape index (κ1) is 17.2. The molecule has 2 aromatic heterocycles. The van der Waals surface area contributed by atoms with Gasteiger partial charge in [0.1, 0.15) is 5.84 Å². The quantitative estimate of drug-likeness (QED) is 0.639. The number of aromatic nitrogens is 3. The van der Waals surface area contributed by atoms with Gasteiger partial charge in [0.05, 0.1) is 5.52 Å². The number of hydrogen-bond donors (Lipinski definition) is 2. The van der Waals surface area contributed by atoms with Crippen LogP contribution in [0, 0.1) is 36.0 Å². The molecule has 2 saturated carbocycles. The molecule has 0 atom stereocenters. The molecular weight excluding hydrogens is 326 g/mol. The Morgan fingerprint density at radius 3 is 2.62 bits per heavy atom. The Kier molecular flexibility index (Phi) is 3.90. The molecule has 0 unspecified atom stereocenters. The number of pyridine rings is 1. The Balaban J connectivity index is 2.00. The van der Waals surface area contributed by atoms with E-state index in [0.29, 0.717) is 23.9 Å². The van der Waals surface area contributed by atoms with Crippen molar-refractivity contribution in [3.05, 3.63) is 33.2 Å². The number of rotatable bonds is 5. The minimum atomic E-state index is -0.313. The summed E-state index contributed by atoms with van der Waals surface area (Å²) < 4.78 is 3.22. The third-order valence-electron chi connectivity index (χ3n) is 6.18. The molecule has 0 bridgehead atoms. The van der Waals surface area contributed by atoms with Crippen molar-refractivity contribution in [1.29, 1.82) is 10.8 Å². The van der Waals surface area contributed by atoms with Gasteiger partial charge >= 0.3 is 0 Å². The smallest absolute Gasteiger partial charge is 0.294 e. The van der Waals surface area contributed by atoms with Crippen LogP contribution in [0.25, 0.3) is 11.2 Å².